The zero-order chi connectivity index (χ0) is 40.0. The smallest absolute Gasteiger partial charge is 0.194 e. The van der Waals surface area contributed by atoms with Crippen molar-refractivity contribution in [2.45, 2.75) is 65.2 Å². The number of benzene rings is 4. The van der Waals surface area contributed by atoms with Gasteiger partial charge in [0.2, 0.25) is 0 Å². The van der Waals surface area contributed by atoms with Crippen molar-refractivity contribution in [1.29, 1.82) is 0 Å². The molecule has 0 amide bonds. The summed E-state index contributed by atoms with van der Waals surface area (Å²) in [6, 6.07) is 40.7. The van der Waals surface area contributed by atoms with E-state index in [1.807, 2.05) is 6.08 Å². The van der Waals surface area contributed by atoms with E-state index in [4.69, 9.17) is 0 Å². The Kier molecular flexibility index (Phi) is 9.62. The molecule has 1 aliphatic heterocycles. The van der Waals surface area contributed by atoms with Crippen LogP contribution in [0.25, 0.3) is 61.2 Å². The van der Waals surface area contributed by atoms with Crippen LogP contribution in [0.1, 0.15) is 93.3 Å². The maximum Gasteiger partial charge on any atom is 0.194 e. The number of hydrogen-bond acceptors (Lipinski definition) is 0. The normalized spacial score (nSPS) is 20.0. The van der Waals surface area contributed by atoms with Gasteiger partial charge in [-0.25, -0.2) is 0 Å². The zero-order valence-corrected chi connectivity index (χ0v) is 34.6. The Balaban J connectivity index is 1.08. The third-order valence-electron chi connectivity index (χ3n) is 13.2. The average molecular weight is 764 g/mol. The molecule has 4 heterocycles. The summed E-state index contributed by atoms with van der Waals surface area (Å²) in [7, 11) is 0. The molecule has 7 aromatic rings. The molecule has 288 valence electrons. The van der Waals surface area contributed by atoms with Crippen molar-refractivity contribution in [3.05, 3.63) is 192 Å². The molecule has 4 unspecified atom stereocenters. The van der Waals surface area contributed by atoms with Crippen molar-refractivity contribution in [2.75, 3.05) is 0 Å². The number of nitrogens with zero attached hydrogens (tertiary/aromatic N) is 2. The summed E-state index contributed by atoms with van der Waals surface area (Å²) in [6.45, 7) is 9.40. The van der Waals surface area contributed by atoms with Crippen molar-refractivity contribution in [3.8, 4) is 23.0 Å². The largest absolute Gasteiger partial charge is 0.309 e. The SMILES string of the molecule is CCC1C#CC=CC=C1c1ccccc1C(C)CCC1=C/C(=C/c2cc3cc(-c4ccccc4)cc4c5ccccc5n2c34)C(C)c2ccc(C3=CC=CCC3C)c[n+]21. The second-order valence-corrected chi connectivity index (χ2v) is 16.9. The predicted molar refractivity (Wildman–Crippen MR) is 250 cm³/mol. The molecule has 2 aliphatic carbocycles. The lowest BCUT2D eigenvalue weighted by Crippen LogP contribution is -2.41. The summed E-state index contributed by atoms with van der Waals surface area (Å²) in [5.74, 6) is 8.07. The van der Waals surface area contributed by atoms with Crippen LogP contribution in [-0.2, 0) is 0 Å². The van der Waals surface area contributed by atoms with E-state index in [0.717, 1.165) is 25.7 Å². The highest BCUT2D eigenvalue weighted by Crippen LogP contribution is 2.41. The standard InChI is InChI=1S/C57H51N2/c1-5-41-19-8-7-11-24-51(41)52-25-15-14-23-50(52)39(3)28-30-47-33-44(40(4)55-31-29-43(37-58(47)55)49-22-13-12-18-38(49)2)34-48-35-46-32-45(42-20-9-6-10-21-42)36-54-53-26-16-17-27-56(53)59(48)57(46)54/h6-7,9-17,20-27,29,31-41H,5,18,28,30H2,1-4H3/q+1/b44-34-. The molecular formula is C57H51N2+. The first kappa shape index (κ1) is 36.9. The second kappa shape index (κ2) is 15.4. The molecule has 0 fully saturated rings. The third-order valence-corrected chi connectivity index (χ3v) is 13.2. The first-order valence-electron chi connectivity index (χ1n) is 21.6. The molecule has 0 spiro atoms. The van der Waals surface area contributed by atoms with E-state index in [-0.39, 0.29) is 11.8 Å². The van der Waals surface area contributed by atoms with Crippen molar-refractivity contribution in [3.63, 3.8) is 0 Å². The van der Waals surface area contributed by atoms with E-state index < -0.39 is 0 Å². The Morgan fingerprint density at radius 2 is 1.63 bits per heavy atom. The molecule has 10 rings (SSSR count). The van der Waals surface area contributed by atoms with Gasteiger partial charge in [0, 0.05) is 51.9 Å². The van der Waals surface area contributed by atoms with Crippen LogP contribution >= 0.6 is 0 Å². The first-order valence-corrected chi connectivity index (χ1v) is 21.6. The van der Waals surface area contributed by atoms with Crippen LogP contribution in [0.3, 0.4) is 0 Å². The maximum atomic E-state index is 3.51. The summed E-state index contributed by atoms with van der Waals surface area (Å²) in [5, 5.41) is 3.89. The van der Waals surface area contributed by atoms with Gasteiger partial charge in [0.15, 0.2) is 17.6 Å². The highest BCUT2D eigenvalue weighted by molar-refractivity contribution is 6.16. The Labute approximate surface area is 349 Å². The third kappa shape index (κ3) is 6.60. The van der Waals surface area contributed by atoms with Crippen LogP contribution in [0.15, 0.2) is 163 Å². The number of pyridine rings is 1. The number of hydrogen-bond donors (Lipinski definition) is 0. The number of fused-ring (bicyclic) bond motifs is 4. The van der Waals surface area contributed by atoms with Gasteiger partial charge < -0.3 is 4.40 Å². The summed E-state index contributed by atoms with van der Waals surface area (Å²) in [6.07, 6.45) is 24.7. The van der Waals surface area contributed by atoms with Crippen molar-refractivity contribution in [2.24, 2.45) is 11.8 Å². The Morgan fingerprint density at radius 3 is 2.49 bits per heavy atom. The molecule has 4 atom stereocenters. The number of rotatable bonds is 9. The minimum absolute atomic E-state index is 0.215. The molecule has 0 saturated carbocycles. The summed E-state index contributed by atoms with van der Waals surface area (Å²) >= 11 is 0. The minimum Gasteiger partial charge on any atom is -0.309 e. The molecule has 2 nitrogen and oxygen atoms in total. The fraction of sp³-hybridized carbons (Fsp3) is 0.211. The molecule has 0 N–H and O–H groups in total. The summed E-state index contributed by atoms with van der Waals surface area (Å²) < 4.78 is 5.04. The highest BCUT2D eigenvalue weighted by Gasteiger charge is 2.32. The molecule has 3 aliphatic rings. The predicted octanol–water partition coefficient (Wildman–Crippen LogP) is 14.2. The summed E-state index contributed by atoms with van der Waals surface area (Å²) in [5.41, 5.74) is 17.2. The molecule has 0 bridgehead atoms. The van der Waals surface area contributed by atoms with E-state index >= 15 is 0 Å². The van der Waals surface area contributed by atoms with Crippen molar-refractivity contribution < 1.29 is 4.57 Å². The molecule has 4 aromatic carbocycles. The fourth-order valence-corrected chi connectivity index (χ4v) is 9.98. The lowest BCUT2D eigenvalue weighted by molar-refractivity contribution is -0.595. The van der Waals surface area contributed by atoms with Crippen LogP contribution in [-0.4, -0.2) is 4.40 Å². The molecule has 59 heavy (non-hydrogen) atoms. The van der Waals surface area contributed by atoms with Crippen LogP contribution in [0, 0.1) is 23.7 Å². The number of allylic oxidation sites excluding steroid dienone is 11. The Morgan fingerprint density at radius 1 is 0.814 bits per heavy atom. The Hall–Kier alpha value is -6.43. The number of aromatic nitrogens is 2. The van der Waals surface area contributed by atoms with Crippen molar-refractivity contribution >= 4 is 50.1 Å². The van der Waals surface area contributed by atoms with Gasteiger partial charge in [-0.2, -0.15) is 4.57 Å². The summed E-state index contributed by atoms with van der Waals surface area (Å²) in [4.78, 5) is 0. The van der Waals surface area contributed by atoms with Crippen LogP contribution in [0.5, 0.6) is 0 Å². The van der Waals surface area contributed by atoms with E-state index in [9.17, 15) is 0 Å². The van der Waals surface area contributed by atoms with Gasteiger partial charge in [0.1, 0.15) is 0 Å². The molecular weight excluding hydrogens is 713 g/mol. The van der Waals surface area contributed by atoms with Crippen LogP contribution in [0.2, 0.25) is 0 Å². The fourth-order valence-electron chi connectivity index (χ4n) is 9.98. The van der Waals surface area contributed by atoms with E-state index in [2.05, 4.69) is 206 Å². The van der Waals surface area contributed by atoms with Gasteiger partial charge in [0.25, 0.3) is 0 Å². The van der Waals surface area contributed by atoms with Crippen LogP contribution in [0.4, 0.5) is 0 Å². The highest BCUT2D eigenvalue weighted by atomic mass is 15.0. The number of para-hydroxylation sites is 1. The minimum atomic E-state index is 0.215. The van der Waals surface area contributed by atoms with Gasteiger partial charge in [-0.15, -0.1) is 0 Å². The van der Waals surface area contributed by atoms with Crippen molar-refractivity contribution in [1.82, 2.24) is 4.40 Å². The monoisotopic (exact) mass is 763 g/mol. The molecule has 3 aromatic heterocycles. The van der Waals surface area contributed by atoms with Crippen LogP contribution < -0.4 is 4.57 Å². The van der Waals surface area contributed by atoms with Gasteiger partial charge in [-0.3, -0.25) is 0 Å². The quantitative estimate of drug-likeness (QED) is 0.102. The first-order chi connectivity index (χ1) is 29.0. The van der Waals surface area contributed by atoms with E-state index in [1.54, 1.807) is 0 Å². The average Bonchev–Trinajstić information content (AvgIpc) is 3.70. The molecule has 2 heteroatoms. The van der Waals surface area contributed by atoms with Gasteiger partial charge in [-0.05, 0) is 119 Å². The van der Waals surface area contributed by atoms with E-state index in [1.165, 1.54) is 88.8 Å². The second-order valence-electron chi connectivity index (χ2n) is 16.9. The zero-order valence-electron chi connectivity index (χ0n) is 34.6. The van der Waals surface area contributed by atoms with Gasteiger partial charge in [0.05, 0.1) is 17.0 Å². The lowest BCUT2D eigenvalue weighted by atomic mass is 9.82. The molecule has 0 radical (unpaired) electrons. The molecule has 0 saturated heterocycles. The van der Waals surface area contributed by atoms with Gasteiger partial charge in [-0.1, -0.05) is 136 Å². The lowest BCUT2D eigenvalue weighted by Gasteiger charge is -2.24. The van der Waals surface area contributed by atoms with E-state index in [0.29, 0.717) is 11.8 Å². The maximum absolute atomic E-state index is 3.51. The Bertz CT molecular complexity index is 3000. The van der Waals surface area contributed by atoms with Gasteiger partial charge >= 0.3 is 0 Å². The topological polar surface area (TPSA) is 8.29 Å².